The summed E-state index contributed by atoms with van der Waals surface area (Å²) < 4.78 is 0. The molecule has 0 unspecified atom stereocenters. The molecule has 0 saturated heterocycles. The predicted molar refractivity (Wildman–Crippen MR) is 81.1 cm³/mol. The third-order valence-electron chi connectivity index (χ3n) is 3.40. The Hall–Kier alpha value is -2.22. The molecule has 2 atom stereocenters. The lowest BCUT2D eigenvalue weighted by molar-refractivity contribution is 0.111. The molecule has 0 aliphatic carbocycles. The first-order valence-corrected chi connectivity index (χ1v) is 6.91. The molecule has 1 aromatic heterocycles. The van der Waals surface area contributed by atoms with Crippen molar-refractivity contribution in [2.24, 2.45) is 5.92 Å². The van der Waals surface area contributed by atoms with E-state index in [-0.39, 0.29) is 0 Å². The van der Waals surface area contributed by atoms with Crippen LogP contribution in [0.2, 0.25) is 0 Å². The molecule has 0 spiro atoms. The third kappa shape index (κ3) is 4.38. The van der Waals surface area contributed by atoms with Crippen molar-refractivity contribution in [3.05, 3.63) is 66.0 Å². The van der Waals surface area contributed by atoms with Crippen molar-refractivity contribution in [2.45, 2.75) is 12.6 Å². The summed E-state index contributed by atoms with van der Waals surface area (Å²) in [6.07, 6.45) is 2.46. The second-order valence-electron chi connectivity index (χ2n) is 5.14. The van der Waals surface area contributed by atoms with E-state index in [9.17, 15) is 10.4 Å². The van der Waals surface area contributed by atoms with E-state index >= 15 is 0 Å². The fourth-order valence-corrected chi connectivity index (χ4v) is 2.30. The quantitative estimate of drug-likeness (QED) is 0.883. The van der Waals surface area contributed by atoms with Crippen LogP contribution in [0.5, 0.6) is 0 Å². The number of nitriles is 1. The molecular weight excluding hydrogens is 262 g/mol. The van der Waals surface area contributed by atoms with Crippen LogP contribution in [0.4, 0.5) is 0 Å². The van der Waals surface area contributed by atoms with Gasteiger partial charge in [-0.1, -0.05) is 30.3 Å². The van der Waals surface area contributed by atoms with Gasteiger partial charge in [-0.05, 0) is 30.3 Å². The Labute approximate surface area is 125 Å². The Morgan fingerprint density at radius 3 is 2.48 bits per heavy atom. The lowest BCUT2D eigenvalue weighted by Crippen LogP contribution is -2.28. The largest absolute Gasteiger partial charge is 0.387 e. The van der Waals surface area contributed by atoms with Crippen LogP contribution in [0.3, 0.4) is 0 Å². The molecule has 1 heterocycles. The fraction of sp³-hybridized carbons (Fsp3) is 0.294. The molecule has 2 aromatic rings. The molecule has 0 bridgehead atoms. The first-order valence-electron chi connectivity index (χ1n) is 6.91. The van der Waals surface area contributed by atoms with Crippen LogP contribution in [-0.2, 0) is 6.54 Å². The van der Waals surface area contributed by atoms with E-state index < -0.39 is 12.0 Å². The Bertz CT molecular complexity index is 580. The van der Waals surface area contributed by atoms with Crippen molar-refractivity contribution < 1.29 is 5.11 Å². The number of rotatable bonds is 6. The topological polar surface area (TPSA) is 60.2 Å². The van der Waals surface area contributed by atoms with Crippen LogP contribution in [-0.4, -0.2) is 28.6 Å². The van der Waals surface area contributed by atoms with Crippen LogP contribution in [0.1, 0.15) is 17.2 Å². The molecule has 1 aromatic carbocycles. The number of pyridine rings is 1. The molecule has 0 amide bonds. The van der Waals surface area contributed by atoms with Gasteiger partial charge in [0.15, 0.2) is 0 Å². The minimum atomic E-state index is -0.795. The Balaban J connectivity index is 1.97. The van der Waals surface area contributed by atoms with Gasteiger partial charge >= 0.3 is 0 Å². The van der Waals surface area contributed by atoms with Crippen LogP contribution in [0.15, 0.2) is 54.9 Å². The first kappa shape index (κ1) is 15.2. The zero-order valence-electron chi connectivity index (χ0n) is 12.1. The van der Waals surface area contributed by atoms with Gasteiger partial charge in [0, 0.05) is 25.5 Å². The monoisotopic (exact) mass is 281 g/mol. The van der Waals surface area contributed by atoms with Gasteiger partial charge in [-0.2, -0.15) is 5.26 Å². The average Bonchev–Trinajstić information content (AvgIpc) is 2.53. The van der Waals surface area contributed by atoms with Crippen molar-refractivity contribution in [1.29, 1.82) is 5.26 Å². The normalized spacial score (nSPS) is 13.6. The van der Waals surface area contributed by atoms with Gasteiger partial charge in [-0.3, -0.25) is 4.98 Å². The molecule has 0 fully saturated rings. The second-order valence-corrected chi connectivity index (χ2v) is 5.14. The number of benzene rings is 1. The maximum absolute atomic E-state index is 10.3. The van der Waals surface area contributed by atoms with E-state index in [1.54, 1.807) is 24.5 Å². The molecule has 4 nitrogen and oxygen atoms in total. The van der Waals surface area contributed by atoms with E-state index in [2.05, 4.69) is 23.2 Å². The van der Waals surface area contributed by atoms with Crippen LogP contribution < -0.4 is 0 Å². The van der Waals surface area contributed by atoms with Crippen LogP contribution in [0.25, 0.3) is 0 Å². The standard InChI is InChI=1S/C17H19N3O/c1-20(12-14-5-3-2-4-6-14)13-16(11-18)17(21)15-7-9-19-10-8-15/h2-10,16-17,21H,12-13H2,1H3/t16-,17+/m1/s1. The van der Waals surface area contributed by atoms with Gasteiger partial charge in [0.2, 0.25) is 0 Å². The molecular formula is C17H19N3O. The molecule has 1 N–H and O–H groups in total. The summed E-state index contributed by atoms with van der Waals surface area (Å²) in [4.78, 5) is 5.97. The number of nitrogens with zero attached hydrogens (tertiary/aromatic N) is 3. The van der Waals surface area contributed by atoms with Crippen molar-refractivity contribution >= 4 is 0 Å². The number of aliphatic hydroxyl groups excluding tert-OH is 1. The second kappa shape index (κ2) is 7.53. The predicted octanol–water partition coefficient (Wildman–Crippen LogP) is 2.39. The highest BCUT2D eigenvalue weighted by molar-refractivity contribution is 5.17. The van der Waals surface area contributed by atoms with Gasteiger partial charge in [0.25, 0.3) is 0 Å². The maximum atomic E-state index is 10.3. The van der Waals surface area contributed by atoms with Gasteiger partial charge in [-0.25, -0.2) is 0 Å². The van der Waals surface area contributed by atoms with Crippen LogP contribution in [0, 0.1) is 17.2 Å². The zero-order valence-corrected chi connectivity index (χ0v) is 12.1. The minimum Gasteiger partial charge on any atom is -0.387 e. The molecule has 0 aliphatic rings. The van der Waals surface area contributed by atoms with Crippen molar-refractivity contribution in [1.82, 2.24) is 9.88 Å². The van der Waals surface area contributed by atoms with E-state index in [0.29, 0.717) is 6.54 Å². The highest BCUT2D eigenvalue weighted by atomic mass is 16.3. The number of aliphatic hydroxyl groups is 1. The summed E-state index contributed by atoms with van der Waals surface area (Å²) >= 11 is 0. The van der Waals surface area contributed by atoms with Gasteiger partial charge in [0.1, 0.15) is 0 Å². The lowest BCUT2D eigenvalue weighted by Gasteiger charge is -2.23. The van der Waals surface area contributed by atoms with Gasteiger partial charge < -0.3 is 10.0 Å². The van der Waals surface area contributed by atoms with Crippen LogP contribution >= 0.6 is 0 Å². The highest BCUT2D eigenvalue weighted by Crippen LogP contribution is 2.22. The van der Waals surface area contributed by atoms with E-state index in [0.717, 1.165) is 12.1 Å². The lowest BCUT2D eigenvalue weighted by atomic mass is 9.97. The molecule has 4 heteroatoms. The molecule has 2 rings (SSSR count). The summed E-state index contributed by atoms with van der Waals surface area (Å²) in [5, 5.41) is 19.6. The van der Waals surface area contributed by atoms with E-state index in [4.69, 9.17) is 0 Å². The summed E-state index contributed by atoms with van der Waals surface area (Å²) in [6.45, 7) is 1.26. The Morgan fingerprint density at radius 1 is 1.19 bits per heavy atom. The third-order valence-corrected chi connectivity index (χ3v) is 3.40. The summed E-state index contributed by atoms with van der Waals surface area (Å²) in [5.74, 6) is -0.471. The molecule has 108 valence electrons. The first-order chi connectivity index (χ1) is 10.2. The van der Waals surface area contributed by atoms with E-state index in [1.807, 2.05) is 30.1 Å². The average molecular weight is 281 g/mol. The fourth-order valence-electron chi connectivity index (χ4n) is 2.30. The van der Waals surface area contributed by atoms with Crippen molar-refractivity contribution in [2.75, 3.05) is 13.6 Å². The van der Waals surface area contributed by atoms with Gasteiger partial charge in [0.05, 0.1) is 18.1 Å². The molecule has 0 radical (unpaired) electrons. The summed E-state index contributed by atoms with van der Waals surface area (Å²) in [7, 11) is 1.95. The van der Waals surface area contributed by atoms with E-state index in [1.165, 1.54) is 5.56 Å². The van der Waals surface area contributed by atoms with Crippen molar-refractivity contribution in [3.8, 4) is 6.07 Å². The summed E-state index contributed by atoms with van der Waals surface area (Å²) in [6, 6.07) is 15.8. The number of hydrogen-bond donors (Lipinski definition) is 1. The Morgan fingerprint density at radius 2 is 1.86 bits per heavy atom. The van der Waals surface area contributed by atoms with Gasteiger partial charge in [-0.15, -0.1) is 0 Å². The molecule has 0 aliphatic heterocycles. The van der Waals surface area contributed by atoms with Crippen molar-refractivity contribution in [3.63, 3.8) is 0 Å². The SMILES string of the molecule is CN(Cc1ccccc1)C[C@@H](C#N)[C@@H](O)c1ccncc1. The molecule has 0 saturated carbocycles. The minimum absolute atomic E-state index is 0.471. The molecule has 21 heavy (non-hydrogen) atoms. The number of aromatic nitrogens is 1. The number of hydrogen-bond acceptors (Lipinski definition) is 4. The Kier molecular flexibility index (Phi) is 5.44. The maximum Gasteiger partial charge on any atom is 0.0961 e. The summed E-state index contributed by atoms with van der Waals surface area (Å²) in [5.41, 5.74) is 1.92. The smallest absolute Gasteiger partial charge is 0.0961 e. The zero-order chi connectivity index (χ0) is 15.1. The highest BCUT2D eigenvalue weighted by Gasteiger charge is 2.22.